The fraction of sp³-hybridized carbons (Fsp3) is 0.222. The van der Waals surface area contributed by atoms with Crippen LogP contribution in [0, 0.1) is 5.92 Å². The molecule has 1 aliphatic rings. The van der Waals surface area contributed by atoms with Crippen LogP contribution in [-0.4, -0.2) is 12.0 Å². The van der Waals surface area contributed by atoms with Gasteiger partial charge in [0.1, 0.15) is 6.61 Å². The lowest BCUT2D eigenvalue weighted by molar-refractivity contribution is -0.140. The zero-order valence-electron chi connectivity index (χ0n) is 18.2. The Kier molecular flexibility index (Phi) is 7.04. The Hall–Kier alpha value is -2.94. The molecule has 4 rings (SSSR count). The molecule has 1 fully saturated rings. The van der Waals surface area contributed by atoms with E-state index in [2.05, 4.69) is 5.09 Å². The third-order valence-corrected chi connectivity index (χ3v) is 8.44. The van der Waals surface area contributed by atoms with E-state index in [4.69, 9.17) is 4.74 Å². The molecule has 0 radical (unpaired) electrons. The minimum atomic E-state index is -3.18. The van der Waals surface area contributed by atoms with Gasteiger partial charge in [-0.1, -0.05) is 72.8 Å². The molecule has 5 heteroatoms. The molecular weight excluding hydrogens is 417 g/mol. The summed E-state index contributed by atoms with van der Waals surface area (Å²) in [6.07, 6.45) is 3.78. The standard InChI is InChI=1S/C27H28NO3P/c1-2-25(27(29)31-20-21-12-6-3-7-13-21)26(22-18-19-22)28-32(30,23-14-8-4-9-15-23)24-16-10-5-11-17-24/h2-17,22,26H,18-20H2,1H3,(H,28,30)/b25-2+. The van der Waals surface area contributed by atoms with Gasteiger partial charge in [-0.05, 0) is 55.5 Å². The number of esters is 1. The Morgan fingerprint density at radius 3 is 1.91 bits per heavy atom. The Labute approximate surface area is 189 Å². The summed E-state index contributed by atoms with van der Waals surface area (Å²) >= 11 is 0. The summed E-state index contributed by atoms with van der Waals surface area (Å²) in [7, 11) is -3.18. The molecule has 1 unspecified atom stereocenters. The number of benzene rings is 3. The highest BCUT2D eigenvalue weighted by molar-refractivity contribution is 7.77. The molecule has 1 aliphatic carbocycles. The molecular formula is C27H28NO3P. The Bertz CT molecular complexity index is 1070. The van der Waals surface area contributed by atoms with Crippen molar-refractivity contribution in [2.75, 3.05) is 0 Å². The molecule has 3 aromatic rings. The van der Waals surface area contributed by atoms with Gasteiger partial charge in [0.15, 0.2) is 0 Å². The van der Waals surface area contributed by atoms with E-state index in [-0.39, 0.29) is 24.5 Å². The van der Waals surface area contributed by atoms with E-state index in [0.717, 1.165) is 29.0 Å². The van der Waals surface area contributed by atoms with Crippen molar-refractivity contribution in [1.82, 2.24) is 5.09 Å². The maximum atomic E-state index is 14.5. The van der Waals surface area contributed by atoms with Crippen molar-refractivity contribution in [3.05, 3.63) is 108 Å². The molecule has 32 heavy (non-hydrogen) atoms. The summed E-state index contributed by atoms with van der Waals surface area (Å²) in [4.78, 5) is 13.1. The first-order valence-corrected chi connectivity index (χ1v) is 12.7. The number of carbonyl (C=O) groups is 1. The fourth-order valence-corrected chi connectivity index (χ4v) is 6.38. The Balaban J connectivity index is 1.62. The molecule has 0 aliphatic heterocycles. The molecule has 0 heterocycles. The van der Waals surface area contributed by atoms with Crippen molar-refractivity contribution in [3.63, 3.8) is 0 Å². The van der Waals surface area contributed by atoms with Crippen LogP contribution in [0.2, 0.25) is 0 Å². The number of carbonyl (C=O) groups excluding carboxylic acids is 1. The van der Waals surface area contributed by atoms with Gasteiger partial charge in [0.2, 0.25) is 7.29 Å². The minimum absolute atomic E-state index is 0.212. The van der Waals surface area contributed by atoms with E-state index >= 15 is 0 Å². The first-order valence-electron chi connectivity index (χ1n) is 11.0. The lowest BCUT2D eigenvalue weighted by atomic mass is 10.0. The summed E-state index contributed by atoms with van der Waals surface area (Å²) in [5.74, 6) is -0.111. The normalized spacial score (nSPS) is 15.2. The molecule has 0 amide bonds. The van der Waals surface area contributed by atoms with Gasteiger partial charge >= 0.3 is 5.97 Å². The van der Waals surface area contributed by atoms with Crippen LogP contribution in [0.3, 0.4) is 0 Å². The van der Waals surface area contributed by atoms with E-state index in [1.807, 2.05) is 97.9 Å². The van der Waals surface area contributed by atoms with E-state index in [1.54, 1.807) is 6.08 Å². The second-order valence-electron chi connectivity index (χ2n) is 8.03. The molecule has 164 valence electrons. The summed E-state index contributed by atoms with van der Waals surface area (Å²) in [5.41, 5.74) is 1.47. The average molecular weight is 445 g/mol. The van der Waals surface area contributed by atoms with Gasteiger partial charge in [-0.25, -0.2) is 4.79 Å². The van der Waals surface area contributed by atoms with E-state index < -0.39 is 7.29 Å². The summed E-state index contributed by atoms with van der Waals surface area (Å²) in [5, 5.41) is 4.90. The van der Waals surface area contributed by atoms with Crippen LogP contribution < -0.4 is 15.7 Å². The van der Waals surface area contributed by atoms with Crippen LogP contribution in [0.4, 0.5) is 0 Å². The minimum Gasteiger partial charge on any atom is -0.457 e. The van der Waals surface area contributed by atoms with Crippen LogP contribution in [0.5, 0.6) is 0 Å². The largest absolute Gasteiger partial charge is 0.457 e. The highest BCUT2D eigenvalue weighted by Gasteiger charge is 2.41. The zero-order chi connectivity index (χ0) is 22.4. The molecule has 1 atom stereocenters. The number of rotatable bonds is 9. The van der Waals surface area contributed by atoms with Crippen LogP contribution in [-0.2, 0) is 20.7 Å². The Morgan fingerprint density at radius 1 is 0.938 bits per heavy atom. The predicted octanol–water partition coefficient (Wildman–Crippen LogP) is 4.97. The van der Waals surface area contributed by atoms with E-state index in [0.29, 0.717) is 5.57 Å². The zero-order valence-corrected chi connectivity index (χ0v) is 19.1. The highest BCUT2D eigenvalue weighted by Crippen LogP contribution is 2.45. The summed E-state index contributed by atoms with van der Waals surface area (Å²) in [6, 6.07) is 28.2. The molecule has 4 nitrogen and oxygen atoms in total. The van der Waals surface area contributed by atoms with Gasteiger partial charge in [0.25, 0.3) is 0 Å². The van der Waals surface area contributed by atoms with E-state index in [9.17, 15) is 9.36 Å². The maximum Gasteiger partial charge on any atom is 0.335 e. The third kappa shape index (κ3) is 5.09. The number of hydrogen-bond donors (Lipinski definition) is 1. The molecule has 1 N–H and O–H groups in total. The first kappa shape index (κ1) is 22.3. The van der Waals surface area contributed by atoms with Crippen molar-refractivity contribution in [3.8, 4) is 0 Å². The van der Waals surface area contributed by atoms with Crippen molar-refractivity contribution in [1.29, 1.82) is 0 Å². The smallest absolute Gasteiger partial charge is 0.335 e. The van der Waals surface area contributed by atoms with Gasteiger partial charge in [-0.3, -0.25) is 9.65 Å². The highest BCUT2D eigenvalue weighted by atomic mass is 31.2. The maximum absolute atomic E-state index is 14.5. The number of ether oxygens (including phenoxy) is 1. The summed E-state index contributed by atoms with van der Waals surface area (Å²) < 4.78 is 20.1. The molecule has 0 spiro atoms. The lowest BCUT2D eigenvalue weighted by Gasteiger charge is -2.28. The topological polar surface area (TPSA) is 55.4 Å². The lowest BCUT2D eigenvalue weighted by Crippen LogP contribution is -2.39. The number of allylic oxidation sites excluding steroid dienone is 1. The van der Waals surface area contributed by atoms with Gasteiger partial charge in [-0.15, -0.1) is 0 Å². The monoisotopic (exact) mass is 445 g/mol. The molecule has 0 saturated heterocycles. The van der Waals surface area contributed by atoms with Crippen molar-refractivity contribution in [2.45, 2.75) is 32.4 Å². The SMILES string of the molecule is C/C=C(/C(=O)OCc1ccccc1)C(NP(=O)(c1ccccc1)c1ccccc1)C1CC1. The van der Waals surface area contributed by atoms with Gasteiger partial charge < -0.3 is 4.74 Å². The number of hydrogen-bond acceptors (Lipinski definition) is 3. The quantitative estimate of drug-likeness (QED) is 0.287. The van der Waals surface area contributed by atoms with Crippen LogP contribution in [0.25, 0.3) is 0 Å². The molecule has 0 bridgehead atoms. The molecule has 0 aromatic heterocycles. The number of nitrogens with one attached hydrogen (secondary N) is 1. The van der Waals surface area contributed by atoms with Crippen molar-refractivity contribution in [2.24, 2.45) is 5.92 Å². The Morgan fingerprint density at radius 2 is 1.44 bits per heavy atom. The van der Waals surface area contributed by atoms with E-state index in [1.165, 1.54) is 0 Å². The third-order valence-electron chi connectivity index (χ3n) is 5.75. The fourth-order valence-electron chi connectivity index (χ4n) is 3.86. The van der Waals surface area contributed by atoms with Crippen molar-refractivity contribution < 1.29 is 14.1 Å². The second-order valence-corrected chi connectivity index (χ2v) is 10.5. The average Bonchev–Trinajstić information content (AvgIpc) is 3.70. The summed E-state index contributed by atoms with van der Waals surface area (Å²) in [6.45, 7) is 2.05. The van der Waals surface area contributed by atoms with Crippen LogP contribution >= 0.6 is 7.29 Å². The van der Waals surface area contributed by atoms with Gasteiger partial charge in [0, 0.05) is 16.7 Å². The van der Waals surface area contributed by atoms with Gasteiger partial charge in [-0.2, -0.15) is 0 Å². The van der Waals surface area contributed by atoms with Gasteiger partial charge in [0.05, 0.1) is 5.57 Å². The predicted molar refractivity (Wildman–Crippen MR) is 129 cm³/mol. The van der Waals surface area contributed by atoms with Crippen LogP contribution in [0.1, 0.15) is 25.3 Å². The molecule has 3 aromatic carbocycles. The van der Waals surface area contributed by atoms with Crippen LogP contribution in [0.15, 0.2) is 103 Å². The second kappa shape index (κ2) is 10.1. The first-order chi connectivity index (χ1) is 15.6. The molecule has 1 saturated carbocycles. The van der Waals surface area contributed by atoms with Crippen molar-refractivity contribution >= 4 is 23.9 Å².